The smallest absolute Gasteiger partial charge is 0.272 e. The molecular formula is C12H12FNO3. The molecule has 2 rings (SSSR count). The summed E-state index contributed by atoms with van der Waals surface area (Å²) in [7, 11) is 0. The lowest BCUT2D eigenvalue weighted by Crippen LogP contribution is -2.30. The van der Waals surface area contributed by atoms with Crippen molar-refractivity contribution in [3.63, 3.8) is 0 Å². The summed E-state index contributed by atoms with van der Waals surface area (Å²) in [6.45, 7) is 3.60. The first-order valence-electron chi connectivity index (χ1n) is 5.30. The molecule has 0 heterocycles. The Bertz CT molecular complexity index is 523. The van der Waals surface area contributed by atoms with Gasteiger partial charge in [-0.25, -0.2) is 4.39 Å². The minimum Gasteiger partial charge on any atom is -0.299 e. The van der Waals surface area contributed by atoms with Crippen LogP contribution in [-0.2, 0) is 16.6 Å². The molecule has 4 nitrogen and oxygen atoms in total. The molecule has 5 heteroatoms. The van der Waals surface area contributed by atoms with Crippen LogP contribution in [-0.4, -0.2) is 10.7 Å². The number of halogens is 1. The lowest BCUT2D eigenvalue weighted by Gasteiger charge is -2.31. The SMILES string of the molecule is CC1(C)CC(=O)Cc2c(F)cc([N+](=O)[O-])cc21. The van der Waals surface area contributed by atoms with Crippen molar-refractivity contribution in [1.82, 2.24) is 0 Å². The number of Topliss-reactive ketones (excluding diaryl/α,β-unsaturated/α-hetero) is 1. The number of non-ortho nitro benzene ring substituents is 1. The van der Waals surface area contributed by atoms with E-state index in [2.05, 4.69) is 0 Å². The highest BCUT2D eigenvalue weighted by atomic mass is 19.1. The molecule has 1 aliphatic rings. The second kappa shape index (κ2) is 3.61. The molecule has 0 fully saturated rings. The Hall–Kier alpha value is -1.78. The zero-order valence-corrected chi connectivity index (χ0v) is 9.62. The van der Waals surface area contributed by atoms with Crippen molar-refractivity contribution in [2.24, 2.45) is 0 Å². The molecule has 17 heavy (non-hydrogen) atoms. The minimum absolute atomic E-state index is 0.0303. The Labute approximate surface area is 97.6 Å². The van der Waals surface area contributed by atoms with Crippen LogP contribution in [0.2, 0.25) is 0 Å². The summed E-state index contributed by atoms with van der Waals surface area (Å²) in [5, 5.41) is 10.7. The normalized spacial score (nSPS) is 17.7. The molecule has 0 N–H and O–H groups in total. The zero-order chi connectivity index (χ0) is 12.8. The largest absolute Gasteiger partial charge is 0.299 e. The standard InChI is InChI=1S/C12H12FNO3/c1-12(2)6-8(15)5-9-10(12)3-7(14(16)17)4-11(9)13/h3-4H,5-6H2,1-2H3. The van der Waals surface area contributed by atoms with Crippen molar-refractivity contribution in [2.45, 2.75) is 32.1 Å². The van der Waals surface area contributed by atoms with Crippen LogP contribution in [0.25, 0.3) is 0 Å². The summed E-state index contributed by atoms with van der Waals surface area (Å²) >= 11 is 0. The molecular weight excluding hydrogens is 225 g/mol. The maximum atomic E-state index is 13.8. The number of carbonyl (C=O) groups is 1. The Morgan fingerprint density at radius 1 is 1.41 bits per heavy atom. The molecule has 0 radical (unpaired) electrons. The van der Waals surface area contributed by atoms with Gasteiger partial charge < -0.3 is 0 Å². The number of nitro groups is 1. The van der Waals surface area contributed by atoms with Gasteiger partial charge in [0.1, 0.15) is 11.6 Å². The fraction of sp³-hybridized carbons (Fsp3) is 0.417. The van der Waals surface area contributed by atoms with Gasteiger partial charge in [-0.15, -0.1) is 0 Å². The predicted octanol–water partition coefficient (Wildman–Crippen LogP) is 2.53. The van der Waals surface area contributed by atoms with Crippen LogP contribution in [0, 0.1) is 15.9 Å². The molecule has 0 bridgehead atoms. The molecule has 1 aromatic rings. The van der Waals surface area contributed by atoms with Gasteiger partial charge in [0.2, 0.25) is 0 Å². The average molecular weight is 237 g/mol. The highest BCUT2D eigenvalue weighted by molar-refractivity contribution is 5.85. The number of ketones is 1. The molecule has 0 aliphatic heterocycles. The third-order valence-corrected chi connectivity index (χ3v) is 3.13. The van der Waals surface area contributed by atoms with Gasteiger partial charge in [0.05, 0.1) is 11.0 Å². The van der Waals surface area contributed by atoms with Crippen LogP contribution < -0.4 is 0 Å². The zero-order valence-electron chi connectivity index (χ0n) is 9.62. The Morgan fingerprint density at radius 3 is 2.65 bits per heavy atom. The maximum Gasteiger partial charge on any atom is 0.272 e. The van der Waals surface area contributed by atoms with Gasteiger partial charge in [0.15, 0.2) is 0 Å². The molecule has 0 spiro atoms. The highest BCUT2D eigenvalue weighted by Gasteiger charge is 2.35. The Balaban J connectivity index is 2.67. The van der Waals surface area contributed by atoms with Gasteiger partial charge in [-0.2, -0.15) is 0 Å². The number of fused-ring (bicyclic) bond motifs is 1. The summed E-state index contributed by atoms with van der Waals surface area (Å²) < 4.78 is 13.8. The maximum absolute atomic E-state index is 13.8. The second-order valence-corrected chi connectivity index (χ2v) is 4.99. The molecule has 0 atom stereocenters. The predicted molar refractivity (Wildman–Crippen MR) is 59.4 cm³/mol. The number of hydrogen-bond donors (Lipinski definition) is 0. The monoisotopic (exact) mass is 237 g/mol. The Kier molecular flexibility index (Phi) is 2.49. The van der Waals surface area contributed by atoms with Crippen LogP contribution in [0.5, 0.6) is 0 Å². The van der Waals surface area contributed by atoms with Gasteiger partial charge in [0, 0.05) is 18.9 Å². The quantitative estimate of drug-likeness (QED) is 0.557. The second-order valence-electron chi connectivity index (χ2n) is 4.99. The van der Waals surface area contributed by atoms with Crippen LogP contribution in [0.15, 0.2) is 12.1 Å². The number of hydrogen-bond acceptors (Lipinski definition) is 3. The summed E-state index contributed by atoms with van der Waals surface area (Å²) in [6, 6.07) is 2.26. The van der Waals surface area contributed by atoms with E-state index in [9.17, 15) is 19.3 Å². The van der Waals surface area contributed by atoms with Crippen LogP contribution in [0.4, 0.5) is 10.1 Å². The number of nitro benzene ring substituents is 1. The van der Waals surface area contributed by atoms with Gasteiger partial charge in [0.25, 0.3) is 5.69 Å². The Morgan fingerprint density at radius 2 is 2.06 bits per heavy atom. The average Bonchev–Trinajstić information content (AvgIpc) is 2.17. The third-order valence-electron chi connectivity index (χ3n) is 3.13. The summed E-state index contributed by atoms with van der Waals surface area (Å²) in [5.74, 6) is -0.689. The third kappa shape index (κ3) is 1.92. The molecule has 0 saturated carbocycles. The van der Waals surface area contributed by atoms with E-state index < -0.39 is 16.2 Å². The minimum atomic E-state index is -0.657. The van der Waals surface area contributed by atoms with E-state index in [1.165, 1.54) is 6.07 Å². The van der Waals surface area contributed by atoms with Crippen LogP contribution in [0.3, 0.4) is 0 Å². The first-order chi connectivity index (χ1) is 7.81. The van der Waals surface area contributed by atoms with Crippen molar-refractivity contribution in [1.29, 1.82) is 0 Å². The van der Waals surface area contributed by atoms with E-state index in [1.807, 2.05) is 0 Å². The van der Waals surface area contributed by atoms with E-state index in [-0.39, 0.29) is 17.9 Å². The number of rotatable bonds is 1. The van der Waals surface area contributed by atoms with E-state index in [1.54, 1.807) is 13.8 Å². The van der Waals surface area contributed by atoms with Crippen LogP contribution in [0.1, 0.15) is 31.4 Å². The number of benzene rings is 1. The lowest BCUT2D eigenvalue weighted by atomic mass is 9.72. The van der Waals surface area contributed by atoms with Crippen LogP contribution >= 0.6 is 0 Å². The lowest BCUT2D eigenvalue weighted by molar-refractivity contribution is -0.385. The van der Waals surface area contributed by atoms with E-state index in [4.69, 9.17) is 0 Å². The molecule has 0 unspecified atom stereocenters. The first-order valence-corrected chi connectivity index (χ1v) is 5.30. The van der Waals surface area contributed by atoms with Gasteiger partial charge in [-0.05, 0) is 16.5 Å². The van der Waals surface area contributed by atoms with Gasteiger partial charge in [-0.3, -0.25) is 14.9 Å². The van der Waals surface area contributed by atoms with Gasteiger partial charge in [-0.1, -0.05) is 13.8 Å². The first kappa shape index (κ1) is 11.7. The fourth-order valence-electron chi connectivity index (χ4n) is 2.36. The van der Waals surface area contributed by atoms with Crippen molar-refractivity contribution < 1.29 is 14.1 Å². The number of nitrogens with zero attached hydrogens (tertiary/aromatic N) is 1. The number of carbonyl (C=O) groups excluding carboxylic acids is 1. The van der Waals surface area contributed by atoms with Crippen molar-refractivity contribution >= 4 is 11.5 Å². The topological polar surface area (TPSA) is 60.2 Å². The summed E-state index contributed by atoms with van der Waals surface area (Å²) in [5.41, 5.74) is 0.0710. The molecule has 90 valence electrons. The van der Waals surface area contributed by atoms with Crippen molar-refractivity contribution in [2.75, 3.05) is 0 Å². The molecule has 0 amide bonds. The van der Waals surface area contributed by atoms with Gasteiger partial charge >= 0.3 is 0 Å². The van der Waals surface area contributed by atoms with Crippen molar-refractivity contribution in [3.8, 4) is 0 Å². The highest BCUT2D eigenvalue weighted by Crippen LogP contribution is 2.38. The molecule has 1 aliphatic carbocycles. The van der Waals surface area contributed by atoms with E-state index in [0.717, 1.165) is 6.07 Å². The van der Waals surface area contributed by atoms with Crippen molar-refractivity contribution in [3.05, 3.63) is 39.2 Å². The summed E-state index contributed by atoms with van der Waals surface area (Å²) in [6.07, 6.45) is 0.323. The molecule has 0 aromatic heterocycles. The summed E-state index contributed by atoms with van der Waals surface area (Å²) in [4.78, 5) is 21.6. The molecule has 0 saturated heterocycles. The van der Waals surface area contributed by atoms with E-state index >= 15 is 0 Å². The van der Waals surface area contributed by atoms with E-state index in [0.29, 0.717) is 17.5 Å². The molecule has 1 aromatic carbocycles. The fourth-order valence-corrected chi connectivity index (χ4v) is 2.36.